The molecular weight excluding hydrogens is 324 g/mol. The van der Waals surface area contributed by atoms with Crippen molar-refractivity contribution >= 4 is 23.2 Å². The first-order valence-corrected chi connectivity index (χ1v) is 8.38. The lowest BCUT2D eigenvalue weighted by Crippen LogP contribution is -2.00. The number of benzene rings is 3. The van der Waals surface area contributed by atoms with Crippen LogP contribution in [0.2, 0.25) is 0 Å². The van der Waals surface area contributed by atoms with E-state index >= 15 is 0 Å². The zero-order valence-corrected chi connectivity index (χ0v) is 14.1. The van der Waals surface area contributed by atoms with Crippen LogP contribution in [0.4, 0.5) is 5.95 Å². The minimum Gasteiger partial charge on any atom is -0.489 e. The maximum absolute atomic E-state index is 5.84. The highest BCUT2D eigenvalue weighted by molar-refractivity contribution is 5.82. The van der Waals surface area contributed by atoms with Gasteiger partial charge < -0.3 is 9.72 Å². The normalized spacial score (nSPS) is 11.1. The molecule has 0 atom stereocenters. The Morgan fingerprint density at radius 3 is 2.58 bits per heavy atom. The fraction of sp³-hybridized carbons (Fsp3) is 0.0476. The number of fused-ring (bicyclic) bond motifs is 1. The van der Waals surface area contributed by atoms with Gasteiger partial charge in [0.25, 0.3) is 0 Å². The van der Waals surface area contributed by atoms with E-state index in [0.717, 1.165) is 27.9 Å². The number of imidazole rings is 1. The van der Waals surface area contributed by atoms with Gasteiger partial charge >= 0.3 is 0 Å². The standard InChI is InChI=1S/C21H18N4O/c1-2-10-18(11-3-1)26-15-17-9-5-4-8-16(17)14-22-25-21-23-19-12-6-7-13-20(19)24-21/h1-14H,15H2,(H2,23,24,25)/b22-14-. The fourth-order valence-electron chi connectivity index (χ4n) is 2.64. The molecule has 0 spiro atoms. The number of ether oxygens (including phenoxy) is 1. The van der Waals surface area contributed by atoms with Crippen molar-refractivity contribution in [3.05, 3.63) is 90.0 Å². The summed E-state index contributed by atoms with van der Waals surface area (Å²) in [6.07, 6.45) is 1.77. The number of hydrogen-bond donors (Lipinski definition) is 2. The summed E-state index contributed by atoms with van der Waals surface area (Å²) in [6, 6.07) is 25.7. The Morgan fingerprint density at radius 2 is 1.69 bits per heavy atom. The Hall–Kier alpha value is -3.60. The van der Waals surface area contributed by atoms with Crippen molar-refractivity contribution in [3.63, 3.8) is 0 Å². The molecule has 3 aromatic carbocycles. The molecule has 1 aromatic heterocycles. The number of anilines is 1. The molecule has 0 bridgehead atoms. The maximum Gasteiger partial charge on any atom is 0.222 e. The molecule has 4 rings (SSSR count). The van der Waals surface area contributed by atoms with Crippen LogP contribution in [0.3, 0.4) is 0 Å². The SMILES string of the molecule is C(=N/Nc1nc2ccccc2[nH]1)/c1ccccc1COc1ccccc1. The van der Waals surface area contributed by atoms with Gasteiger partial charge in [-0.3, -0.25) is 0 Å². The van der Waals surface area contributed by atoms with Crippen LogP contribution in [0, 0.1) is 0 Å². The average Bonchev–Trinajstić information content (AvgIpc) is 3.11. The van der Waals surface area contributed by atoms with Gasteiger partial charge in [-0.25, -0.2) is 10.4 Å². The molecule has 128 valence electrons. The lowest BCUT2D eigenvalue weighted by atomic mass is 10.1. The predicted octanol–water partition coefficient (Wildman–Crippen LogP) is 4.59. The van der Waals surface area contributed by atoms with E-state index in [1.165, 1.54) is 0 Å². The summed E-state index contributed by atoms with van der Waals surface area (Å²) in [7, 11) is 0. The first-order chi connectivity index (χ1) is 12.9. The quantitative estimate of drug-likeness (QED) is 0.398. The molecule has 0 aliphatic carbocycles. The van der Waals surface area contributed by atoms with E-state index in [1.807, 2.05) is 78.9 Å². The molecule has 2 N–H and O–H groups in total. The highest BCUT2D eigenvalue weighted by atomic mass is 16.5. The Balaban J connectivity index is 1.44. The lowest BCUT2D eigenvalue weighted by molar-refractivity contribution is 0.306. The van der Waals surface area contributed by atoms with E-state index in [1.54, 1.807) is 6.21 Å². The number of nitrogens with one attached hydrogen (secondary N) is 2. The molecule has 0 amide bonds. The van der Waals surface area contributed by atoms with Crippen LogP contribution in [-0.4, -0.2) is 16.2 Å². The Labute approximate surface area is 151 Å². The summed E-state index contributed by atoms with van der Waals surface area (Å²) in [4.78, 5) is 7.62. The van der Waals surface area contributed by atoms with Crippen LogP contribution < -0.4 is 10.2 Å². The Morgan fingerprint density at radius 1 is 0.923 bits per heavy atom. The average molecular weight is 342 g/mol. The van der Waals surface area contributed by atoms with Crippen molar-refractivity contribution in [2.45, 2.75) is 6.61 Å². The van der Waals surface area contributed by atoms with Gasteiger partial charge in [0.1, 0.15) is 12.4 Å². The molecule has 0 saturated carbocycles. The Bertz CT molecular complexity index is 991. The number of para-hydroxylation sites is 3. The maximum atomic E-state index is 5.84. The molecule has 0 aliphatic heterocycles. The molecule has 5 heteroatoms. The molecule has 0 unspecified atom stereocenters. The number of rotatable bonds is 6. The second kappa shape index (κ2) is 7.53. The first kappa shape index (κ1) is 15.9. The molecule has 5 nitrogen and oxygen atoms in total. The van der Waals surface area contributed by atoms with Gasteiger partial charge in [-0.15, -0.1) is 0 Å². The smallest absolute Gasteiger partial charge is 0.222 e. The Kier molecular flexibility index (Phi) is 4.60. The molecule has 0 fully saturated rings. The summed E-state index contributed by atoms with van der Waals surface area (Å²) in [5, 5.41) is 4.30. The zero-order chi connectivity index (χ0) is 17.6. The van der Waals surface area contributed by atoms with Crippen LogP contribution in [-0.2, 0) is 6.61 Å². The highest BCUT2D eigenvalue weighted by Gasteiger charge is 2.02. The van der Waals surface area contributed by atoms with E-state index in [9.17, 15) is 0 Å². The molecular formula is C21H18N4O. The lowest BCUT2D eigenvalue weighted by Gasteiger charge is -2.08. The topological polar surface area (TPSA) is 62.3 Å². The minimum absolute atomic E-state index is 0.483. The summed E-state index contributed by atoms with van der Waals surface area (Å²) in [5.74, 6) is 1.46. The van der Waals surface area contributed by atoms with Crippen molar-refractivity contribution in [2.75, 3.05) is 5.43 Å². The molecule has 0 aliphatic rings. The van der Waals surface area contributed by atoms with Crippen LogP contribution in [0.15, 0.2) is 84.0 Å². The van der Waals surface area contributed by atoms with E-state index in [4.69, 9.17) is 4.74 Å². The number of nitrogens with zero attached hydrogens (tertiary/aromatic N) is 2. The van der Waals surface area contributed by atoms with E-state index < -0.39 is 0 Å². The number of aromatic nitrogens is 2. The van der Waals surface area contributed by atoms with Crippen LogP contribution in [0.25, 0.3) is 11.0 Å². The van der Waals surface area contributed by atoms with Crippen molar-refractivity contribution in [3.8, 4) is 5.75 Å². The largest absolute Gasteiger partial charge is 0.489 e. The van der Waals surface area contributed by atoms with Crippen molar-refractivity contribution < 1.29 is 4.74 Å². The number of aromatic amines is 1. The third-order valence-electron chi connectivity index (χ3n) is 3.96. The van der Waals surface area contributed by atoms with E-state index in [2.05, 4.69) is 20.5 Å². The zero-order valence-electron chi connectivity index (χ0n) is 14.1. The van der Waals surface area contributed by atoms with Gasteiger partial charge in [0.15, 0.2) is 0 Å². The summed E-state index contributed by atoms with van der Waals surface area (Å²) in [5.41, 5.74) is 6.88. The van der Waals surface area contributed by atoms with Crippen LogP contribution in [0.1, 0.15) is 11.1 Å². The highest BCUT2D eigenvalue weighted by Crippen LogP contribution is 2.15. The first-order valence-electron chi connectivity index (χ1n) is 8.38. The number of hydrazone groups is 1. The van der Waals surface area contributed by atoms with Crippen molar-refractivity contribution in [2.24, 2.45) is 5.10 Å². The summed E-state index contributed by atoms with van der Waals surface area (Å²) < 4.78 is 5.84. The molecule has 4 aromatic rings. The number of H-pyrrole nitrogens is 1. The van der Waals surface area contributed by atoms with Crippen LogP contribution in [0.5, 0.6) is 5.75 Å². The molecule has 0 radical (unpaired) electrons. The third-order valence-corrected chi connectivity index (χ3v) is 3.96. The molecule has 26 heavy (non-hydrogen) atoms. The summed E-state index contributed by atoms with van der Waals surface area (Å²) >= 11 is 0. The number of hydrogen-bond acceptors (Lipinski definition) is 4. The third kappa shape index (κ3) is 3.72. The summed E-state index contributed by atoms with van der Waals surface area (Å²) in [6.45, 7) is 0.483. The molecule has 0 saturated heterocycles. The minimum atomic E-state index is 0.483. The van der Waals surface area contributed by atoms with Gasteiger partial charge in [0.05, 0.1) is 17.2 Å². The van der Waals surface area contributed by atoms with Crippen molar-refractivity contribution in [1.82, 2.24) is 9.97 Å². The van der Waals surface area contributed by atoms with Crippen LogP contribution >= 0.6 is 0 Å². The van der Waals surface area contributed by atoms with E-state index in [0.29, 0.717) is 12.6 Å². The fourth-order valence-corrected chi connectivity index (χ4v) is 2.64. The van der Waals surface area contributed by atoms with Gasteiger partial charge in [0.2, 0.25) is 5.95 Å². The van der Waals surface area contributed by atoms with Gasteiger partial charge in [-0.05, 0) is 29.8 Å². The second-order valence-corrected chi connectivity index (χ2v) is 5.77. The van der Waals surface area contributed by atoms with E-state index in [-0.39, 0.29) is 0 Å². The monoisotopic (exact) mass is 342 g/mol. The van der Waals surface area contributed by atoms with Gasteiger partial charge in [-0.1, -0.05) is 54.6 Å². The predicted molar refractivity (Wildman–Crippen MR) is 105 cm³/mol. The van der Waals surface area contributed by atoms with Gasteiger partial charge in [0, 0.05) is 5.56 Å². The van der Waals surface area contributed by atoms with Crippen molar-refractivity contribution in [1.29, 1.82) is 0 Å². The molecule has 1 heterocycles. The van der Waals surface area contributed by atoms with Gasteiger partial charge in [-0.2, -0.15) is 5.10 Å². The second-order valence-electron chi connectivity index (χ2n) is 5.77.